The number of halogens is 1. The molecule has 2 aliphatic heterocycles. The van der Waals surface area contributed by atoms with Gasteiger partial charge in [-0.1, -0.05) is 32.4 Å². The van der Waals surface area contributed by atoms with E-state index in [0.29, 0.717) is 47.1 Å². The first kappa shape index (κ1) is 36.3. The Labute approximate surface area is 293 Å². The monoisotopic (exact) mass is 692 g/mol. The van der Waals surface area contributed by atoms with Crippen molar-refractivity contribution in [3.63, 3.8) is 0 Å². The van der Waals surface area contributed by atoms with E-state index < -0.39 is 23.5 Å². The number of methoxy groups -OCH3 is 1. The van der Waals surface area contributed by atoms with Crippen molar-refractivity contribution in [3.05, 3.63) is 47.2 Å². The minimum atomic E-state index is -0.783. The molecule has 12 nitrogen and oxygen atoms in total. The minimum absolute atomic E-state index is 0.0524. The zero-order valence-corrected chi connectivity index (χ0v) is 30.4. The van der Waals surface area contributed by atoms with Crippen LogP contribution in [0.2, 0.25) is 5.02 Å². The third-order valence-electron chi connectivity index (χ3n) is 9.59. The van der Waals surface area contributed by atoms with Crippen LogP contribution in [0.25, 0.3) is 10.9 Å². The zero-order valence-electron chi connectivity index (χ0n) is 29.6. The molecule has 2 fully saturated rings. The fraction of sp³-hybridized carbons (Fsp3) is 0.528. The molecule has 0 bridgehead atoms. The van der Waals surface area contributed by atoms with Crippen LogP contribution in [0.3, 0.4) is 0 Å². The third kappa shape index (κ3) is 8.25. The van der Waals surface area contributed by atoms with E-state index in [4.69, 9.17) is 16.3 Å². The van der Waals surface area contributed by atoms with E-state index in [1.807, 2.05) is 45.0 Å². The molecule has 0 saturated carbocycles. The summed E-state index contributed by atoms with van der Waals surface area (Å²) in [5.74, 6) is 0.494. The number of likely N-dealkylation sites (N-methyl/N-ethyl adjacent to an activating group) is 2. The number of hydrogen-bond donors (Lipinski definition) is 3. The van der Waals surface area contributed by atoms with Gasteiger partial charge in [-0.15, -0.1) is 0 Å². The number of ether oxygens (including phenoxy) is 1. The summed E-state index contributed by atoms with van der Waals surface area (Å²) in [7, 11) is 5.38. The lowest BCUT2D eigenvalue weighted by Crippen LogP contribution is -2.58. The normalized spacial score (nSPS) is 18.3. The number of benzene rings is 2. The molecular weight excluding hydrogens is 644 g/mol. The van der Waals surface area contributed by atoms with Crippen LogP contribution in [-0.2, 0) is 20.8 Å². The highest BCUT2D eigenvalue weighted by atomic mass is 35.5. The van der Waals surface area contributed by atoms with E-state index in [2.05, 4.69) is 42.8 Å². The topological polar surface area (TPSA) is 132 Å². The lowest BCUT2D eigenvalue weighted by molar-refractivity contribution is -0.143. The van der Waals surface area contributed by atoms with Gasteiger partial charge in [0, 0.05) is 61.8 Å². The molecule has 0 spiro atoms. The molecule has 3 atom stereocenters. The van der Waals surface area contributed by atoms with Gasteiger partial charge in [0.05, 0.1) is 35.4 Å². The maximum atomic E-state index is 14.0. The number of fused-ring (bicyclic) bond motifs is 1. The van der Waals surface area contributed by atoms with Crippen molar-refractivity contribution in [2.45, 2.75) is 65.1 Å². The van der Waals surface area contributed by atoms with E-state index in [1.54, 1.807) is 32.0 Å². The Balaban J connectivity index is 1.37. The van der Waals surface area contributed by atoms with Gasteiger partial charge in [-0.25, -0.2) is 9.97 Å². The van der Waals surface area contributed by atoms with Crippen LogP contribution in [0.5, 0.6) is 5.75 Å². The van der Waals surface area contributed by atoms with Gasteiger partial charge in [-0.3, -0.25) is 14.4 Å². The Morgan fingerprint density at radius 2 is 1.80 bits per heavy atom. The summed E-state index contributed by atoms with van der Waals surface area (Å²) in [6.45, 7) is 11.7. The van der Waals surface area contributed by atoms with E-state index in [9.17, 15) is 14.4 Å². The van der Waals surface area contributed by atoms with E-state index in [0.717, 1.165) is 42.9 Å². The van der Waals surface area contributed by atoms with Crippen LogP contribution in [0.15, 0.2) is 36.7 Å². The summed E-state index contributed by atoms with van der Waals surface area (Å²) in [5.41, 5.74) is 2.55. The van der Waals surface area contributed by atoms with Crippen molar-refractivity contribution >= 4 is 57.3 Å². The Morgan fingerprint density at radius 3 is 2.45 bits per heavy atom. The molecule has 49 heavy (non-hydrogen) atoms. The van der Waals surface area contributed by atoms with Gasteiger partial charge in [-0.05, 0) is 63.5 Å². The molecule has 3 aromatic rings. The van der Waals surface area contributed by atoms with Crippen molar-refractivity contribution in [1.82, 2.24) is 30.4 Å². The molecule has 0 radical (unpaired) electrons. The van der Waals surface area contributed by atoms with Crippen molar-refractivity contribution in [2.24, 2.45) is 5.41 Å². The van der Waals surface area contributed by atoms with Gasteiger partial charge in [-0.2, -0.15) is 0 Å². The Hall–Kier alpha value is -4.00. The average molecular weight is 693 g/mol. The van der Waals surface area contributed by atoms with Crippen LogP contribution in [-0.4, -0.2) is 109 Å². The Kier molecular flexibility index (Phi) is 11.3. The highest BCUT2D eigenvalue weighted by Crippen LogP contribution is 2.34. The number of rotatable bonds is 11. The predicted molar refractivity (Wildman–Crippen MR) is 194 cm³/mol. The number of Topliss-reactive ketones (excluding diaryl/α,β-unsaturated/α-hetero) is 1. The summed E-state index contributed by atoms with van der Waals surface area (Å²) in [4.78, 5) is 55.9. The predicted octanol–water partition coefficient (Wildman–Crippen LogP) is 4.03. The summed E-state index contributed by atoms with van der Waals surface area (Å²) >= 11 is 6.76. The molecule has 3 N–H and O–H groups in total. The van der Waals surface area contributed by atoms with Crippen LogP contribution in [0.1, 0.15) is 46.1 Å². The van der Waals surface area contributed by atoms with Crippen LogP contribution in [0.4, 0.5) is 17.2 Å². The van der Waals surface area contributed by atoms with E-state index in [1.165, 1.54) is 6.33 Å². The number of piperazine rings is 1. The lowest BCUT2D eigenvalue weighted by atomic mass is 9.85. The van der Waals surface area contributed by atoms with Gasteiger partial charge < -0.3 is 35.4 Å². The molecule has 0 aliphatic carbocycles. The van der Waals surface area contributed by atoms with Crippen molar-refractivity contribution in [1.29, 1.82) is 0 Å². The first-order valence-corrected chi connectivity index (χ1v) is 17.3. The van der Waals surface area contributed by atoms with Crippen molar-refractivity contribution in [3.8, 4) is 5.75 Å². The summed E-state index contributed by atoms with van der Waals surface area (Å²) in [5, 5.41) is 10.6. The number of carbonyl (C=O) groups is 3. The zero-order chi connectivity index (χ0) is 35.5. The number of amides is 2. The molecule has 264 valence electrons. The number of likely N-dealkylation sites (tertiary alicyclic amines) is 1. The van der Waals surface area contributed by atoms with Gasteiger partial charge in [0.25, 0.3) is 0 Å². The maximum Gasteiger partial charge on any atom is 0.246 e. The van der Waals surface area contributed by atoms with Crippen molar-refractivity contribution < 1.29 is 19.1 Å². The van der Waals surface area contributed by atoms with Gasteiger partial charge in [0.1, 0.15) is 23.9 Å². The quantitative estimate of drug-likeness (QED) is 0.271. The molecule has 3 heterocycles. The first-order chi connectivity index (χ1) is 23.3. The molecule has 5 rings (SSSR count). The average Bonchev–Trinajstić information content (AvgIpc) is 3.57. The molecule has 2 amide bonds. The van der Waals surface area contributed by atoms with Gasteiger partial charge in [0.2, 0.25) is 11.8 Å². The summed E-state index contributed by atoms with van der Waals surface area (Å²) in [6.07, 6.45) is 2.79. The van der Waals surface area contributed by atoms with E-state index >= 15 is 0 Å². The second-order valence-corrected chi connectivity index (χ2v) is 14.5. The summed E-state index contributed by atoms with van der Waals surface area (Å²) < 4.78 is 5.71. The Morgan fingerprint density at radius 1 is 1.06 bits per heavy atom. The van der Waals surface area contributed by atoms with Crippen molar-refractivity contribution in [2.75, 3.05) is 64.1 Å². The third-order valence-corrected chi connectivity index (χ3v) is 9.89. The number of nitrogens with zero attached hydrogens (tertiary/aromatic N) is 5. The van der Waals surface area contributed by atoms with Crippen LogP contribution in [0, 0.1) is 5.41 Å². The van der Waals surface area contributed by atoms with Crippen LogP contribution >= 0.6 is 11.6 Å². The van der Waals surface area contributed by atoms with Gasteiger partial charge in [0.15, 0.2) is 5.78 Å². The molecule has 13 heteroatoms. The first-order valence-electron chi connectivity index (χ1n) is 16.9. The second-order valence-electron chi connectivity index (χ2n) is 14.1. The fourth-order valence-electron chi connectivity index (χ4n) is 6.47. The second kappa shape index (κ2) is 15.3. The largest absolute Gasteiger partial charge is 0.496 e. The number of carbonyl (C=O) groups excluding carboxylic acids is 3. The lowest BCUT2D eigenvalue weighted by Gasteiger charge is -2.36. The fourth-order valence-corrected chi connectivity index (χ4v) is 6.77. The molecular formula is C36H49ClN8O4. The van der Waals surface area contributed by atoms with Gasteiger partial charge >= 0.3 is 0 Å². The summed E-state index contributed by atoms with van der Waals surface area (Å²) in [6, 6.07) is 7.74. The number of ketones is 1. The van der Waals surface area contributed by atoms with E-state index in [-0.39, 0.29) is 24.0 Å². The maximum absolute atomic E-state index is 14.0. The number of nitrogens with one attached hydrogen (secondary N) is 3. The number of anilines is 3. The van der Waals surface area contributed by atoms with Crippen LogP contribution < -0.4 is 25.6 Å². The molecule has 2 aromatic carbocycles. The minimum Gasteiger partial charge on any atom is -0.496 e. The standard InChI is InChI=1S/C36H49ClN8O4/c1-22(38-5)34(47)42-32(36(2,3)4)35(48)45-12-8-9-29(45)30(46)18-23-17-25-27(20-31(23)49-7)39-21-40-33(25)41-24-10-11-28(26(37)19-24)44-15-13-43(6)14-16-44/h10-11,17,19-22,29,32,38H,8-9,12-16,18H2,1-7H3,(H,42,47)(H,39,40,41)/t22-,29-,32+/m0/s1. The Bertz CT molecular complexity index is 1690. The highest BCUT2D eigenvalue weighted by molar-refractivity contribution is 6.33. The molecule has 0 unspecified atom stereocenters. The molecule has 2 aliphatic rings. The number of hydrogen-bond acceptors (Lipinski definition) is 10. The number of aromatic nitrogens is 2. The molecule has 2 saturated heterocycles. The molecule has 1 aromatic heterocycles. The SMILES string of the molecule is CN[C@@H](C)C(=O)N[C@H](C(=O)N1CCC[C@H]1C(=O)Cc1cc2c(Nc3ccc(N4CCN(C)CC4)c(Cl)c3)ncnc2cc1OC)C(C)(C)C. The smallest absolute Gasteiger partial charge is 0.246 e. The highest BCUT2D eigenvalue weighted by Gasteiger charge is 2.42.